The van der Waals surface area contributed by atoms with Crippen molar-refractivity contribution in [2.45, 2.75) is 57.9 Å². The van der Waals surface area contributed by atoms with Crippen molar-refractivity contribution in [3.05, 3.63) is 0 Å². The van der Waals surface area contributed by atoms with E-state index in [1.165, 1.54) is 51.6 Å². The van der Waals surface area contributed by atoms with Crippen LogP contribution in [0.1, 0.15) is 51.9 Å². The minimum atomic E-state index is 0.0368. The number of piperidine rings is 1. The summed E-state index contributed by atoms with van der Waals surface area (Å²) in [6.07, 6.45) is 9.00. The van der Waals surface area contributed by atoms with Crippen LogP contribution in [0.5, 0.6) is 0 Å². The van der Waals surface area contributed by atoms with Crippen LogP contribution >= 0.6 is 0 Å². The van der Waals surface area contributed by atoms with Crippen LogP contribution in [0.15, 0.2) is 0 Å². The van der Waals surface area contributed by atoms with Crippen LogP contribution in [0, 0.1) is 0 Å². The molecule has 0 aromatic carbocycles. The van der Waals surface area contributed by atoms with Gasteiger partial charge in [-0.2, -0.15) is 0 Å². The van der Waals surface area contributed by atoms with Gasteiger partial charge in [0.1, 0.15) is 0 Å². The zero-order chi connectivity index (χ0) is 14.1. The summed E-state index contributed by atoms with van der Waals surface area (Å²) in [6, 6.07) is 0.370. The summed E-state index contributed by atoms with van der Waals surface area (Å²) >= 11 is 0. The second-order valence-corrected chi connectivity index (χ2v) is 5.90. The van der Waals surface area contributed by atoms with Crippen LogP contribution < -0.4 is 5.32 Å². The van der Waals surface area contributed by atoms with Gasteiger partial charge in [0.05, 0.1) is 0 Å². The van der Waals surface area contributed by atoms with Gasteiger partial charge in [-0.3, -0.25) is 0 Å². The van der Waals surface area contributed by atoms with Crippen molar-refractivity contribution in [2.75, 3.05) is 33.7 Å². The minimum Gasteiger partial charge on any atom is -0.334 e. The molecule has 0 bridgehead atoms. The number of unbranched alkanes of at least 4 members (excludes halogenated alkanes) is 4. The number of hydrogen-bond acceptors (Lipinski definition) is 2. The number of hydrogen-bond donors (Lipinski definition) is 1. The maximum absolute atomic E-state index is 11.6. The maximum atomic E-state index is 11.6. The van der Waals surface area contributed by atoms with Crippen LogP contribution in [0.3, 0.4) is 0 Å². The number of nitrogens with zero attached hydrogens (tertiary/aromatic N) is 2. The Hall–Kier alpha value is -0.770. The molecule has 1 saturated heterocycles. The standard InChI is InChI=1S/C15H31N3O/c1-4-5-6-7-8-11-18-12-9-10-14(13-18)16-15(19)17(2)3/h14H,4-13H2,1-3H3,(H,16,19)/t14-/m1/s1. The molecule has 19 heavy (non-hydrogen) atoms. The number of amides is 2. The Bertz CT molecular complexity index is 256. The number of urea groups is 1. The molecule has 2 amide bonds. The Balaban J connectivity index is 2.17. The van der Waals surface area contributed by atoms with Crippen molar-refractivity contribution in [2.24, 2.45) is 0 Å². The van der Waals surface area contributed by atoms with Crippen LogP contribution in [0.2, 0.25) is 0 Å². The first kappa shape index (κ1) is 16.3. The summed E-state index contributed by atoms with van der Waals surface area (Å²) in [5.74, 6) is 0. The fraction of sp³-hybridized carbons (Fsp3) is 0.933. The summed E-state index contributed by atoms with van der Waals surface area (Å²) < 4.78 is 0. The first-order valence-electron chi connectivity index (χ1n) is 7.83. The monoisotopic (exact) mass is 269 g/mol. The SMILES string of the molecule is CCCCCCCN1CCC[C@@H](NC(=O)N(C)C)C1. The summed E-state index contributed by atoms with van der Waals surface area (Å²) in [5.41, 5.74) is 0. The molecule has 112 valence electrons. The molecule has 1 heterocycles. The summed E-state index contributed by atoms with van der Waals surface area (Å²) in [6.45, 7) is 5.66. The average molecular weight is 269 g/mol. The molecule has 1 aliphatic rings. The van der Waals surface area contributed by atoms with E-state index in [1.54, 1.807) is 19.0 Å². The Labute approximate surface area is 118 Å². The third-order valence-electron chi connectivity index (χ3n) is 3.82. The highest BCUT2D eigenvalue weighted by atomic mass is 16.2. The largest absolute Gasteiger partial charge is 0.334 e. The highest BCUT2D eigenvalue weighted by molar-refractivity contribution is 5.73. The second kappa shape index (κ2) is 9.18. The van der Waals surface area contributed by atoms with Crippen molar-refractivity contribution in [1.29, 1.82) is 0 Å². The van der Waals surface area contributed by atoms with E-state index in [4.69, 9.17) is 0 Å². The number of carbonyl (C=O) groups excluding carboxylic acids is 1. The lowest BCUT2D eigenvalue weighted by molar-refractivity contribution is 0.174. The molecular formula is C15H31N3O. The zero-order valence-corrected chi connectivity index (χ0v) is 13.0. The smallest absolute Gasteiger partial charge is 0.317 e. The van der Waals surface area contributed by atoms with E-state index in [0.717, 1.165) is 13.0 Å². The lowest BCUT2D eigenvalue weighted by Gasteiger charge is -2.33. The van der Waals surface area contributed by atoms with Gasteiger partial charge in [0, 0.05) is 26.7 Å². The van der Waals surface area contributed by atoms with Crippen LogP contribution in [0.4, 0.5) is 4.79 Å². The predicted octanol–water partition coefficient (Wildman–Crippen LogP) is 2.69. The highest BCUT2D eigenvalue weighted by Gasteiger charge is 2.21. The van der Waals surface area contributed by atoms with Gasteiger partial charge in [-0.15, -0.1) is 0 Å². The lowest BCUT2D eigenvalue weighted by Crippen LogP contribution is -2.50. The number of rotatable bonds is 7. The maximum Gasteiger partial charge on any atom is 0.317 e. The van der Waals surface area contributed by atoms with Gasteiger partial charge in [0.15, 0.2) is 0 Å². The Morgan fingerprint density at radius 2 is 2.00 bits per heavy atom. The van der Waals surface area contributed by atoms with Crippen molar-refractivity contribution in [1.82, 2.24) is 15.1 Å². The van der Waals surface area contributed by atoms with Crippen LogP contribution in [-0.4, -0.2) is 55.6 Å². The quantitative estimate of drug-likeness (QED) is 0.721. The van der Waals surface area contributed by atoms with Crippen molar-refractivity contribution in [3.8, 4) is 0 Å². The molecule has 1 fully saturated rings. The van der Waals surface area contributed by atoms with Gasteiger partial charge in [-0.05, 0) is 32.4 Å². The molecule has 0 aromatic heterocycles. The highest BCUT2D eigenvalue weighted by Crippen LogP contribution is 2.12. The fourth-order valence-corrected chi connectivity index (χ4v) is 2.62. The van der Waals surface area contributed by atoms with Crippen molar-refractivity contribution < 1.29 is 4.79 Å². The molecule has 4 nitrogen and oxygen atoms in total. The molecule has 1 atom stereocenters. The average Bonchev–Trinajstić information content (AvgIpc) is 2.39. The van der Waals surface area contributed by atoms with E-state index in [2.05, 4.69) is 17.1 Å². The summed E-state index contributed by atoms with van der Waals surface area (Å²) in [5, 5.41) is 3.10. The molecule has 1 rings (SSSR count). The molecule has 0 aliphatic carbocycles. The van der Waals surface area contributed by atoms with Crippen LogP contribution in [-0.2, 0) is 0 Å². The van der Waals surface area contributed by atoms with Crippen molar-refractivity contribution >= 4 is 6.03 Å². The molecule has 0 aromatic rings. The second-order valence-electron chi connectivity index (χ2n) is 5.90. The molecule has 0 spiro atoms. The van der Waals surface area contributed by atoms with Gasteiger partial charge >= 0.3 is 6.03 Å². The predicted molar refractivity (Wildman–Crippen MR) is 80.4 cm³/mol. The van der Waals surface area contributed by atoms with Gasteiger partial charge < -0.3 is 15.1 Å². The Kier molecular flexibility index (Phi) is 7.87. The van der Waals surface area contributed by atoms with E-state index < -0.39 is 0 Å². The van der Waals surface area contributed by atoms with Crippen LogP contribution in [0.25, 0.3) is 0 Å². The van der Waals surface area contributed by atoms with Gasteiger partial charge in [-0.25, -0.2) is 4.79 Å². The van der Waals surface area contributed by atoms with Gasteiger partial charge in [-0.1, -0.05) is 32.6 Å². The number of likely N-dealkylation sites (tertiary alicyclic amines) is 1. The topological polar surface area (TPSA) is 35.6 Å². The number of carbonyl (C=O) groups is 1. The molecule has 1 aliphatic heterocycles. The molecule has 1 N–H and O–H groups in total. The zero-order valence-electron chi connectivity index (χ0n) is 13.0. The van der Waals surface area contributed by atoms with E-state index in [9.17, 15) is 4.79 Å². The molecule has 0 radical (unpaired) electrons. The van der Waals surface area contributed by atoms with E-state index in [-0.39, 0.29) is 6.03 Å². The van der Waals surface area contributed by atoms with Gasteiger partial charge in [0.25, 0.3) is 0 Å². The molecular weight excluding hydrogens is 238 g/mol. The first-order valence-corrected chi connectivity index (χ1v) is 7.83. The summed E-state index contributed by atoms with van der Waals surface area (Å²) in [4.78, 5) is 15.8. The van der Waals surface area contributed by atoms with Crippen molar-refractivity contribution in [3.63, 3.8) is 0 Å². The third-order valence-corrected chi connectivity index (χ3v) is 3.82. The number of nitrogens with one attached hydrogen (secondary N) is 1. The lowest BCUT2D eigenvalue weighted by atomic mass is 10.0. The molecule has 4 heteroatoms. The molecule has 0 unspecified atom stereocenters. The third kappa shape index (κ3) is 6.81. The normalized spacial score (nSPS) is 20.3. The van der Waals surface area contributed by atoms with Gasteiger partial charge in [0.2, 0.25) is 0 Å². The first-order chi connectivity index (χ1) is 9.13. The Morgan fingerprint density at radius 1 is 1.26 bits per heavy atom. The summed E-state index contributed by atoms with van der Waals surface area (Å²) in [7, 11) is 3.59. The van der Waals surface area contributed by atoms with E-state index in [1.807, 2.05) is 0 Å². The van der Waals surface area contributed by atoms with E-state index >= 15 is 0 Å². The minimum absolute atomic E-state index is 0.0368. The molecule has 0 saturated carbocycles. The fourth-order valence-electron chi connectivity index (χ4n) is 2.62. The Morgan fingerprint density at radius 3 is 2.68 bits per heavy atom. The van der Waals surface area contributed by atoms with E-state index in [0.29, 0.717) is 6.04 Å².